The summed E-state index contributed by atoms with van der Waals surface area (Å²) >= 11 is 0. The number of hydrogen-bond donors (Lipinski definition) is 0. The number of aromatic nitrogens is 2. The molecular formula is C24H32N4O2. The van der Waals surface area contributed by atoms with E-state index in [1.54, 1.807) is 0 Å². The number of ether oxygens (including phenoxy) is 1. The number of rotatable bonds is 4. The van der Waals surface area contributed by atoms with Crippen LogP contribution in [0.25, 0.3) is 0 Å². The van der Waals surface area contributed by atoms with Crippen LogP contribution in [-0.4, -0.2) is 64.4 Å². The van der Waals surface area contributed by atoms with Gasteiger partial charge >= 0.3 is 0 Å². The van der Waals surface area contributed by atoms with Gasteiger partial charge in [0.1, 0.15) is 0 Å². The van der Waals surface area contributed by atoms with Crippen molar-refractivity contribution in [2.24, 2.45) is 13.0 Å². The van der Waals surface area contributed by atoms with E-state index < -0.39 is 0 Å². The fourth-order valence-electron chi connectivity index (χ4n) is 5.49. The summed E-state index contributed by atoms with van der Waals surface area (Å²) in [6.07, 6.45) is 9.49. The Morgan fingerprint density at radius 3 is 2.50 bits per heavy atom. The van der Waals surface area contributed by atoms with Crippen LogP contribution in [0.5, 0.6) is 0 Å². The number of morpholine rings is 1. The second-order valence-electron chi connectivity index (χ2n) is 9.07. The van der Waals surface area contributed by atoms with E-state index in [-0.39, 0.29) is 24.0 Å². The van der Waals surface area contributed by atoms with Crippen LogP contribution in [0.1, 0.15) is 42.0 Å². The van der Waals surface area contributed by atoms with E-state index in [1.807, 2.05) is 24.1 Å². The quantitative estimate of drug-likeness (QED) is 0.780. The lowest BCUT2D eigenvalue weighted by atomic mass is 9.96. The Bertz CT molecular complexity index is 864. The molecule has 1 amide bonds. The zero-order valence-electron chi connectivity index (χ0n) is 17.9. The van der Waals surface area contributed by atoms with Crippen LogP contribution >= 0.6 is 0 Å². The molecule has 160 valence electrons. The van der Waals surface area contributed by atoms with Crippen molar-refractivity contribution in [3.63, 3.8) is 0 Å². The molecule has 0 unspecified atom stereocenters. The average molecular weight is 409 g/mol. The highest BCUT2D eigenvalue weighted by Gasteiger charge is 2.41. The van der Waals surface area contributed by atoms with Gasteiger partial charge in [0.05, 0.1) is 24.9 Å². The summed E-state index contributed by atoms with van der Waals surface area (Å²) in [7, 11) is 1.94. The maximum atomic E-state index is 13.7. The molecule has 1 aliphatic carbocycles. The van der Waals surface area contributed by atoms with Crippen molar-refractivity contribution in [2.75, 3.05) is 32.8 Å². The van der Waals surface area contributed by atoms with Gasteiger partial charge in [0.25, 0.3) is 0 Å². The van der Waals surface area contributed by atoms with E-state index in [0.717, 1.165) is 38.0 Å². The van der Waals surface area contributed by atoms with E-state index in [9.17, 15) is 4.79 Å². The maximum Gasteiger partial charge on any atom is 0.227 e. The Labute approximate surface area is 178 Å². The Hall–Kier alpha value is -2.18. The molecule has 5 rings (SSSR count). The van der Waals surface area contributed by atoms with Crippen molar-refractivity contribution in [3.05, 3.63) is 53.3 Å². The third-order valence-electron chi connectivity index (χ3n) is 6.99. The molecule has 3 heterocycles. The van der Waals surface area contributed by atoms with Crippen molar-refractivity contribution in [2.45, 2.75) is 44.2 Å². The highest BCUT2D eigenvalue weighted by atomic mass is 16.5. The number of nitrogens with zero attached hydrogens (tertiary/aromatic N) is 4. The normalized spacial score (nSPS) is 25.4. The molecule has 1 aromatic carbocycles. The molecule has 2 aromatic rings. The molecule has 6 nitrogen and oxygen atoms in total. The Kier molecular flexibility index (Phi) is 5.61. The molecule has 1 aromatic heterocycles. The van der Waals surface area contributed by atoms with E-state index in [0.29, 0.717) is 13.2 Å². The van der Waals surface area contributed by atoms with Crippen LogP contribution in [0.3, 0.4) is 0 Å². The van der Waals surface area contributed by atoms with Crippen molar-refractivity contribution < 1.29 is 9.53 Å². The predicted octanol–water partition coefficient (Wildman–Crippen LogP) is 2.59. The smallest absolute Gasteiger partial charge is 0.227 e. The lowest BCUT2D eigenvalue weighted by molar-refractivity contribution is -0.152. The Morgan fingerprint density at radius 1 is 1.10 bits per heavy atom. The fraction of sp³-hybridized carbons (Fsp3) is 0.583. The van der Waals surface area contributed by atoms with Gasteiger partial charge in [-0.05, 0) is 49.9 Å². The third kappa shape index (κ3) is 3.91. The van der Waals surface area contributed by atoms with E-state index in [4.69, 9.17) is 4.74 Å². The van der Waals surface area contributed by atoms with Crippen molar-refractivity contribution >= 4 is 5.91 Å². The zero-order valence-corrected chi connectivity index (χ0v) is 17.9. The summed E-state index contributed by atoms with van der Waals surface area (Å²) in [5.74, 6) is 0.308. The largest absolute Gasteiger partial charge is 0.373 e. The van der Waals surface area contributed by atoms with Gasteiger partial charge in [0.15, 0.2) is 0 Å². The minimum Gasteiger partial charge on any atom is -0.373 e. The SMILES string of the molecule is Cn1cc([C@H]2[C@H](CN3CCCCC3)OCCN2C(=O)C2Cc3ccccc3C2)cn1. The second-order valence-corrected chi connectivity index (χ2v) is 9.07. The van der Waals surface area contributed by atoms with Crippen molar-refractivity contribution in [3.8, 4) is 0 Å². The molecule has 2 atom stereocenters. The summed E-state index contributed by atoms with van der Waals surface area (Å²) in [6.45, 7) is 4.41. The lowest BCUT2D eigenvalue weighted by Gasteiger charge is -2.44. The number of hydrogen-bond acceptors (Lipinski definition) is 4. The van der Waals surface area contributed by atoms with E-state index in [1.165, 1.54) is 30.4 Å². The molecule has 0 spiro atoms. The summed E-state index contributed by atoms with van der Waals surface area (Å²) in [5, 5.41) is 4.41. The monoisotopic (exact) mass is 408 g/mol. The molecule has 30 heavy (non-hydrogen) atoms. The molecule has 0 bridgehead atoms. The van der Waals surface area contributed by atoms with E-state index >= 15 is 0 Å². The van der Waals surface area contributed by atoms with Gasteiger partial charge in [-0.1, -0.05) is 30.7 Å². The number of likely N-dealkylation sites (tertiary alicyclic amines) is 1. The van der Waals surface area contributed by atoms with Crippen molar-refractivity contribution in [1.82, 2.24) is 19.6 Å². The molecular weight excluding hydrogens is 376 g/mol. The minimum atomic E-state index is -0.0643. The first kappa shape index (κ1) is 19.8. The molecule has 0 N–H and O–H groups in total. The molecule has 6 heteroatoms. The first-order valence-electron chi connectivity index (χ1n) is 11.4. The number of amides is 1. The van der Waals surface area contributed by atoms with Crippen LogP contribution < -0.4 is 0 Å². The summed E-state index contributed by atoms with van der Waals surface area (Å²) in [6, 6.07) is 8.42. The van der Waals surface area contributed by atoms with E-state index in [2.05, 4.69) is 39.2 Å². The van der Waals surface area contributed by atoms with Crippen LogP contribution in [0, 0.1) is 5.92 Å². The lowest BCUT2D eigenvalue weighted by Crippen LogP contribution is -2.53. The fourth-order valence-corrected chi connectivity index (χ4v) is 5.49. The summed E-state index contributed by atoms with van der Waals surface area (Å²) in [5.41, 5.74) is 3.74. The number of benzene rings is 1. The van der Waals surface area contributed by atoms with Gasteiger partial charge in [-0.2, -0.15) is 5.10 Å². The molecule has 2 saturated heterocycles. The third-order valence-corrected chi connectivity index (χ3v) is 6.99. The van der Waals surface area contributed by atoms with Crippen LogP contribution in [0.15, 0.2) is 36.7 Å². The molecule has 0 saturated carbocycles. The first-order valence-corrected chi connectivity index (χ1v) is 11.4. The maximum absolute atomic E-state index is 13.7. The topological polar surface area (TPSA) is 50.6 Å². The highest BCUT2D eigenvalue weighted by molar-refractivity contribution is 5.81. The van der Waals surface area contributed by atoms with Crippen LogP contribution in [-0.2, 0) is 29.4 Å². The van der Waals surface area contributed by atoms with Gasteiger partial charge in [-0.25, -0.2) is 0 Å². The summed E-state index contributed by atoms with van der Waals surface area (Å²) < 4.78 is 8.12. The first-order chi connectivity index (χ1) is 14.7. The summed E-state index contributed by atoms with van der Waals surface area (Å²) in [4.78, 5) is 18.3. The molecule has 0 radical (unpaired) electrons. The Morgan fingerprint density at radius 2 is 1.83 bits per heavy atom. The standard InChI is InChI=1S/C24H32N4O2/c1-26-16-21(15-25-26)23-22(17-27-9-5-2-6-10-27)30-12-11-28(23)24(29)20-13-18-7-3-4-8-19(18)14-20/h3-4,7-8,15-16,20,22-23H,2,5-6,9-14,17H2,1H3/t22-,23-/m0/s1. The molecule has 2 aliphatic heterocycles. The van der Waals surface area contributed by atoms with Gasteiger partial charge in [0.2, 0.25) is 5.91 Å². The number of fused-ring (bicyclic) bond motifs is 1. The number of piperidine rings is 1. The zero-order chi connectivity index (χ0) is 20.5. The minimum absolute atomic E-state index is 0.00576. The molecule has 3 aliphatic rings. The number of aryl methyl sites for hydroxylation is 1. The second kappa shape index (κ2) is 8.52. The van der Waals surface area contributed by atoms with Gasteiger partial charge in [-0.3, -0.25) is 9.48 Å². The average Bonchev–Trinajstić information content (AvgIpc) is 3.40. The van der Waals surface area contributed by atoms with Gasteiger partial charge < -0.3 is 14.5 Å². The number of carbonyl (C=O) groups is 1. The number of carbonyl (C=O) groups excluding carboxylic acids is 1. The Balaban J connectivity index is 1.38. The van der Waals surface area contributed by atoms with Gasteiger partial charge in [0, 0.05) is 37.8 Å². The molecule has 2 fully saturated rings. The van der Waals surface area contributed by atoms with Crippen LogP contribution in [0.2, 0.25) is 0 Å². The van der Waals surface area contributed by atoms with Crippen molar-refractivity contribution in [1.29, 1.82) is 0 Å². The highest BCUT2D eigenvalue weighted by Crippen LogP contribution is 2.35. The van der Waals surface area contributed by atoms with Gasteiger partial charge in [-0.15, -0.1) is 0 Å². The predicted molar refractivity (Wildman–Crippen MR) is 115 cm³/mol. The van der Waals surface area contributed by atoms with Crippen LogP contribution in [0.4, 0.5) is 0 Å².